The molecule has 2 atom stereocenters. The lowest BCUT2D eigenvalue weighted by Gasteiger charge is -2.22. The maximum Gasteiger partial charge on any atom is 0.142 e. The van der Waals surface area contributed by atoms with Crippen LogP contribution in [0.3, 0.4) is 0 Å². The van der Waals surface area contributed by atoms with E-state index in [4.69, 9.17) is 10.5 Å². The van der Waals surface area contributed by atoms with Gasteiger partial charge in [0.15, 0.2) is 0 Å². The summed E-state index contributed by atoms with van der Waals surface area (Å²) in [5, 5.41) is 4.16. The zero-order valence-electron chi connectivity index (χ0n) is 10.4. The Morgan fingerprint density at radius 2 is 2.11 bits per heavy atom. The number of halogens is 1. The first-order valence-corrected chi connectivity index (χ1v) is 6.81. The van der Waals surface area contributed by atoms with Crippen molar-refractivity contribution in [3.63, 3.8) is 0 Å². The van der Waals surface area contributed by atoms with Crippen LogP contribution in [-0.4, -0.2) is 15.8 Å². The molecule has 2 unspecified atom stereocenters. The van der Waals surface area contributed by atoms with Crippen molar-refractivity contribution in [2.24, 2.45) is 12.8 Å². The Balaban J connectivity index is 2.25. The highest BCUT2D eigenvalue weighted by Gasteiger charge is 2.20. The van der Waals surface area contributed by atoms with Crippen molar-refractivity contribution in [3.05, 3.63) is 45.8 Å². The molecule has 96 valence electrons. The summed E-state index contributed by atoms with van der Waals surface area (Å²) in [6, 6.07) is 7.80. The molecule has 0 aliphatic heterocycles. The second-order valence-corrected chi connectivity index (χ2v) is 5.44. The normalized spacial score (nSPS) is 14.2. The lowest BCUT2D eigenvalue weighted by atomic mass is 10.1. The van der Waals surface area contributed by atoms with Gasteiger partial charge in [0.1, 0.15) is 11.9 Å². The van der Waals surface area contributed by atoms with Gasteiger partial charge in [-0.25, -0.2) is 0 Å². The van der Waals surface area contributed by atoms with Crippen molar-refractivity contribution in [3.8, 4) is 5.75 Å². The second kappa shape index (κ2) is 5.71. The SMILES string of the molecule is CC(N)C(Oc1ccccc1I)c1cnn(C)c1. The number of ether oxygens (including phenoxy) is 1. The molecule has 1 heterocycles. The number of aromatic nitrogens is 2. The molecule has 2 N–H and O–H groups in total. The Morgan fingerprint density at radius 1 is 1.39 bits per heavy atom. The van der Waals surface area contributed by atoms with Crippen LogP contribution in [0.25, 0.3) is 0 Å². The lowest BCUT2D eigenvalue weighted by Crippen LogP contribution is -2.29. The first kappa shape index (κ1) is 13.4. The largest absolute Gasteiger partial charge is 0.483 e. The molecule has 2 rings (SSSR count). The monoisotopic (exact) mass is 357 g/mol. The first-order valence-electron chi connectivity index (χ1n) is 5.73. The fraction of sp³-hybridized carbons (Fsp3) is 0.308. The zero-order chi connectivity index (χ0) is 13.1. The highest BCUT2D eigenvalue weighted by molar-refractivity contribution is 14.1. The van der Waals surface area contributed by atoms with Crippen molar-refractivity contribution >= 4 is 22.6 Å². The molecular formula is C13H16IN3O. The van der Waals surface area contributed by atoms with Crippen LogP contribution < -0.4 is 10.5 Å². The van der Waals surface area contributed by atoms with Crippen LogP contribution in [0.15, 0.2) is 36.7 Å². The molecule has 0 saturated heterocycles. The average Bonchev–Trinajstić information content (AvgIpc) is 2.74. The first-order chi connectivity index (χ1) is 8.58. The molecular weight excluding hydrogens is 341 g/mol. The minimum atomic E-state index is -0.186. The molecule has 0 amide bonds. The Hall–Kier alpha value is -1.08. The van der Waals surface area contributed by atoms with Crippen molar-refractivity contribution in [2.45, 2.75) is 19.1 Å². The van der Waals surface area contributed by atoms with E-state index in [1.54, 1.807) is 10.9 Å². The molecule has 5 heteroatoms. The van der Waals surface area contributed by atoms with E-state index >= 15 is 0 Å². The molecule has 4 nitrogen and oxygen atoms in total. The van der Waals surface area contributed by atoms with Gasteiger partial charge >= 0.3 is 0 Å². The minimum Gasteiger partial charge on any atom is -0.483 e. The molecule has 0 spiro atoms. The van der Waals surface area contributed by atoms with E-state index in [1.165, 1.54) is 0 Å². The maximum atomic E-state index is 6.02. The van der Waals surface area contributed by atoms with Gasteiger partial charge in [-0.05, 0) is 41.6 Å². The summed E-state index contributed by atoms with van der Waals surface area (Å²) in [4.78, 5) is 0. The fourth-order valence-corrected chi connectivity index (χ4v) is 2.26. The summed E-state index contributed by atoms with van der Waals surface area (Å²) in [6.07, 6.45) is 3.54. The van der Waals surface area contributed by atoms with Crippen LogP contribution in [0.1, 0.15) is 18.6 Å². The summed E-state index contributed by atoms with van der Waals surface area (Å²) in [7, 11) is 1.88. The summed E-state index contributed by atoms with van der Waals surface area (Å²) in [5.41, 5.74) is 7.00. The van der Waals surface area contributed by atoms with Crippen molar-refractivity contribution in [2.75, 3.05) is 0 Å². The maximum absolute atomic E-state index is 6.02. The van der Waals surface area contributed by atoms with Crippen LogP contribution in [-0.2, 0) is 7.05 Å². The van der Waals surface area contributed by atoms with E-state index in [1.807, 2.05) is 44.4 Å². The van der Waals surface area contributed by atoms with Gasteiger partial charge in [-0.15, -0.1) is 0 Å². The number of nitrogens with two attached hydrogens (primary N) is 1. The van der Waals surface area contributed by atoms with E-state index in [0.717, 1.165) is 14.9 Å². The van der Waals surface area contributed by atoms with Gasteiger partial charge in [0.2, 0.25) is 0 Å². The van der Waals surface area contributed by atoms with Crippen LogP contribution in [0.4, 0.5) is 0 Å². The molecule has 0 fully saturated rings. The van der Waals surface area contributed by atoms with Crippen LogP contribution >= 0.6 is 22.6 Å². The highest BCUT2D eigenvalue weighted by atomic mass is 127. The smallest absolute Gasteiger partial charge is 0.142 e. The summed E-state index contributed by atoms with van der Waals surface area (Å²) >= 11 is 2.26. The minimum absolute atomic E-state index is 0.106. The van der Waals surface area contributed by atoms with Crippen LogP contribution in [0, 0.1) is 3.57 Å². The highest BCUT2D eigenvalue weighted by Crippen LogP contribution is 2.27. The van der Waals surface area contributed by atoms with Gasteiger partial charge in [-0.2, -0.15) is 5.10 Å². The third-order valence-corrected chi connectivity index (χ3v) is 3.51. The van der Waals surface area contributed by atoms with Gasteiger partial charge in [0, 0.05) is 24.8 Å². The lowest BCUT2D eigenvalue weighted by molar-refractivity contribution is 0.179. The third kappa shape index (κ3) is 3.02. The number of hydrogen-bond donors (Lipinski definition) is 1. The Labute approximate surface area is 120 Å². The number of benzene rings is 1. The quantitative estimate of drug-likeness (QED) is 0.856. The van der Waals surface area contributed by atoms with E-state index in [0.29, 0.717) is 0 Å². The van der Waals surface area contributed by atoms with Gasteiger partial charge in [0.25, 0.3) is 0 Å². The van der Waals surface area contributed by atoms with E-state index in [9.17, 15) is 0 Å². The van der Waals surface area contributed by atoms with E-state index < -0.39 is 0 Å². The van der Waals surface area contributed by atoms with Gasteiger partial charge < -0.3 is 10.5 Å². The molecule has 0 radical (unpaired) electrons. The molecule has 0 aliphatic carbocycles. The second-order valence-electron chi connectivity index (χ2n) is 4.28. The molecule has 1 aromatic heterocycles. The van der Waals surface area contributed by atoms with Crippen molar-refractivity contribution < 1.29 is 4.74 Å². The number of aryl methyl sites for hydroxylation is 1. The summed E-state index contributed by atoms with van der Waals surface area (Å²) in [5.74, 6) is 0.851. The van der Waals surface area contributed by atoms with Crippen LogP contribution in [0.2, 0.25) is 0 Å². The standard InChI is InChI=1S/C13H16IN3O/c1-9(15)13(10-7-16-17(2)8-10)18-12-6-4-3-5-11(12)14/h3-9,13H,15H2,1-2H3. The van der Waals surface area contributed by atoms with Gasteiger partial charge in [0.05, 0.1) is 9.77 Å². The predicted molar refractivity (Wildman–Crippen MR) is 79.4 cm³/mol. The molecule has 2 aromatic rings. The zero-order valence-corrected chi connectivity index (χ0v) is 12.5. The number of nitrogens with zero attached hydrogens (tertiary/aromatic N) is 2. The Kier molecular flexibility index (Phi) is 4.23. The third-order valence-electron chi connectivity index (χ3n) is 2.62. The fourth-order valence-electron chi connectivity index (χ4n) is 1.74. The topological polar surface area (TPSA) is 53.1 Å². The molecule has 18 heavy (non-hydrogen) atoms. The predicted octanol–water partition coefficient (Wildman–Crippen LogP) is 2.49. The number of para-hydroxylation sites is 1. The van der Waals surface area contributed by atoms with Crippen molar-refractivity contribution in [1.29, 1.82) is 0 Å². The molecule has 0 saturated carbocycles. The average molecular weight is 357 g/mol. The molecule has 0 aliphatic rings. The Bertz CT molecular complexity index is 524. The van der Waals surface area contributed by atoms with E-state index in [2.05, 4.69) is 27.7 Å². The van der Waals surface area contributed by atoms with Gasteiger partial charge in [-0.3, -0.25) is 4.68 Å². The van der Waals surface area contributed by atoms with Gasteiger partial charge in [-0.1, -0.05) is 12.1 Å². The van der Waals surface area contributed by atoms with E-state index in [-0.39, 0.29) is 12.1 Å². The molecule has 1 aromatic carbocycles. The van der Waals surface area contributed by atoms with Crippen LogP contribution in [0.5, 0.6) is 5.75 Å². The Morgan fingerprint density at radius 3 is 2.67 bits per heavy atom. The summed E-state index contributed by atoms with van der Waals surface area (Å²) in [6.45, 7) is 1.94. The number of rotatable bonds is 4. The molecule has 0 bridgehead atoms. The summed E-state index contributed by atoms with van der Waals surface area (Å²) < 4.78 is 8.85. The van der Waals surface area contributed by atoms with Crippen molar-refractivity contribution in [1.82, 2.24) is 9.78 Å². The number of hydrogen-bond acceptors (Lipinski definition) is 3.